The molecule has 1 aromatic rings. The number of ketones is 1. The molecule has 0 bridgehead atoms. The summed E-state index contributed by atoms with van der Waals surface area (Å²) in [4.78, 5) is 25.5. The summed E-state index contributed by atoms with van der Waals surface area (Å²) >= 11 is 0. The lowest BCUT2D eigenvalue weighted by atomic mass is 10.1. The molecule has 2 N–H and O–H groups in total. The maximum Gasteiger partial charge on any atom is 0.228 e. The SMILES string of the molecule is CC(=O)CN1CCC(C(=O)Nc2ccc(O)c(C3CC3)c2)C1. The number of hydrogen-bond acceptors (Lipinski definition) is 4. The minimum Gasteiger partial charge on any atom is -0.508 e. The molecule has 1 aliphatic carbocycles. The van der Waals surface area contributed by atoms with Crippen LogP contribution in [0.15, 0.2) is 18.2 Å². The average molecular weight is 302 g/mol. The van der Waals surface area contributed by atoms with Crippen LogP contribution in [0.4, 0.5) is 5.69 Å². The summed E-state index contributed by atoms with van der Waals surface area (Å²) < 4.78 is 0. The van der Waals surface area contributed by atoms with Crippen molar-refractivity contribution in [3.63, 3.8) is 0 Å². The Bertz CT molecular complexity index is 596. The fourth-order valence-corrected chi connectivity index (χ4v) is 3.10. The minimum absolute atomic E-state index is 0.00140. The number of nitrogens with zero attached hydrogens (tertiary/aromatic N) is 1. The lowest BCUT2D eigenvalue weighted by Gasteiger charge is -2.14. The van der Waals surface area contributed by atoms with Gasteiger partial charge in [0.05, 0.1) is 12.5 Å². The van der Waals surface area contributed by atoms with E-state index < -0.39 is 0 Å². The number of anilines is 1. The number of benzene rings is 1. The predicted molar refractivity (Wildman–Crippen MR) is 83.9 cm³/mol. The van der Waals surface area contributed by atoms with Crippen molar-refractivity contribution in [3.05, 3.63) is 23.8 Å². The number of hydrogen-bond donors (Lipinski definition) is 2. The first-order chi connectivity index (χ1) is 10.5. The van der Waals surface area contributed by atoms with E-state index in [1.54, 1.807) is 19.1 Å². The Morgan fingerprint density at radius 1 is 1.32 bits per heavy atom. The zero-order chi connectivity index (χ0) is 15.7. The maximum atomic E-state index is 12.3. The molecular formula is C17H22N2O3. The van der Waals surface area contributed by atoms with Crippen molar-refractivity contribution >= 4 is 17.4 Å². The van der Waals surface area contributed by atoms with Gasteiger partial charge in [0.2, 0.25) is 5.91 Å². The molecule has 1 amide bonds. The van der Waals surface area contributed by atoms with Crippen LogP contribution in [-0.4, -0.2) is 41.3 Å². The zero-order valence-electron chi connectivity index (χ0n) is 12.8. The summed E-state index contributed by atoms with van der Waals surface area (Å²) in [6, 6.07) is 5.27. The van der Waals surface area contributed by atoms with Gasteiger partial charge in [-0.15, -0.1) is 0 Å². The number of rotatable bonds is 5. The summed E-state index contributed by atoms with van der Waals surface area (Å²) in [7, 11) is 0. The number of carbonyl (C=O) groups excluding carboxylic acids is 2. The van der Waals surface area contributed by atoms with Gasteiger partial charge >= 0.3 is 0 Å². The van der Waals surface area contributed by atoms with Crippen molar-refractivity contribution in [3.8, 4) is 5.75 Å². The van der Waals surface area contributed by atoms with E-state index in [2.05, 4.69) is 5.32 Å². The predicted octanol–water partition coefficient (Wildman–Crippen LogP) is 2.12. The van der Waals surface area contributed by atoms with Gasteiger partial charge in [-0.05, 0) is 62.4 Å². The van der Waals surface area contributed by atoms with Crippen molar-refractivity contribution in [2.24, 2.45) is 5.92 Å². The van der Waals surface area contributed by atoms with E-state index in [0.29, 0.717) is 24.8 Å². The highest BCUT2D eigenvalue weighted by Crippen LogP contribution is 2.44. The molecule has 118 valence electrons. The van der Waals surface area contributed by atoms with Crippen LogP contribution in [-0.2, 0) is 9.59 Å². The summed E-state index contributed by atoms with van der Waals surface area (Å²) in [6.07, 6.45) is 2.99. The van der Waals surface area contributed by atoms with Crippen LogP contribution < -0.4 is 5.32 Å². The standard InChI is InChI=1S/C17H22N2O3/c1-11(20)9-19-7-6-13(10-19)17(22)18-14-4-5-16(21)15(8-14)12-2-3-12/h4-5,8,12-13,21H,2-3,6-7,9-10H2,1H3,(H,18,22). The molecule has 5 heteroatoms. The number of likely N-dealkylation sites (tertiary alicyclic amines) is 1. The number of Topliss-reactive ketones (excluding diaryl/α,β-unsaturated/α-hetero) is 1. The smallest absolute Gasteiger partial charge is 0.228 e. The second-order valence-electron chi connectivity index (χ2n) is 6.46. The Morgan fingerprint density at radius 3 is 2.77 bits per heavy atom. The van der Waals surface area contributed by atoms with Crippen LogP contribution in [0, 0.1) is 5.92 Å². The fraction of sp³-hybridized carbons (Fsp3) is 0.529. The first kappa shape index (κ1) is 15.0. The number of nitrogens with one attached hydrogen (secondary N) is 1. The third kappa shape index (κ3) is 3.47. The van der Waals surface area contributed by atoms with Gasteiger partial charge in [0.25, 0.3) is 0 Å². The molecule has 1 atom stereocenters. The van der Waals surface area contributed by atoms with Crippen molar-refractivity contribution in [2.45, 2.75) is 32.1 Å². The van der Waals surface area contributed by atoms with Gasteiger partial charge in [-0.2, -0.15) is 0 Å². The molecule has 0 spiro atoms. The molecule has 1 aliphatic heterocycles. The normalized spacial score (nSPS) is 21.8. The van der Waals surface area contributed by atoms with E-state index in [4.69, 9.17) is 0 Å². The molecule has 2 fully saturated rings. The monoisotopic (exact) mass is 302 g/mol. The van der Waals surface area contributed by atoms with Gasteiger partial charge in [0, 0.05) is 12.2 Å². The van der Waals surface area contributed by atoms with Gasteiger partial charge in [-0.25, -0.2) is 0 Å². The Balaban J connectivity index is 1.60. The molecule has 1 saturated carbocycles. The second-order valence-corrected chi connectivity index (χ2v) is 6.46. The van der Waals surface area contributed by atoms with Crippen LogP contribution in [0.3, 0.4) is 0 Å². The molecule has 2 aliphatic rings. The number of aromatic hydroxyl groups is 1. The number of phenols is 1. The van der Waals surface area contributed by atoms with Crippen molar-refractivity contribution in [1.29, 1.82) is 0 Å². The van der Waals surface area contributed by atoms with Crippen LogP contribution >= 0.6 is 0 Å². The number of phenolic OH excluding ortho intramolecular Hbond substituents is 1. The molecule has 3 rings (SSSR count). The first-order valence-electron chi connectivity index (χ1n) is 7.88. The molecule has 5 nitrogen and oxygen atoms in total. The summed E-state index contributed by atoms with van der Waals surface area (Å²) in [6.45, 7) is 3.43. The molecule has 22 heavy (non-hydrogen) atoms. The minimum atomic E-state index is -0.0717. The molecular weight excluding hydrogens is 280 g/mol. The topological polar surface area (TPSA) is 69.6 Å². The van der Waals surface area contributed by atoms with Gasteiger partial charge in [0.15, 0.2) is 0 Å². The summed E-state index contributed by atoms with van der Waals surface area (Å²) in [5, 5.41) is 12.8. The van der Waals surface area contributed by atoms with E-state index >= 15 is 0 Å². The Labute approximate surface area is 130 Å². The van der Waals surface area contributed by atoms with Crippen LogP contribution in [0.25, 0.3) is 0 Å². The van der Waals surface area contributed by atoms with E-state index in [1.807, 2.05) is 11.0 Å². The van der Waals surface area contributed by atoms with Crippen molar-refractivity contribution < 1.29 is 14.7 Å². The van der Waals surface area contributed by atoms with Crippen LogP contribution in [0.2, 0.25) is 0 Å². The van der Waals surface area contributed by atoms with Gasteiger partial charge < -0.3 is 10.4 Å². The fourth-order valence-electron chi connectivity index (χ4n) is 3.10. The highest BCUT2D eigenvalue weighted by Gasteiger charge is 2.30. The Kier molecular flexibility index (Phi) is 4.16. The second kappa shape index (κ2) is 6.08. The van der Waals surface area contributed by atoms with Crippen molar-refractivity contribution in [1.82, 2.24) is 4.90 Å². The Hall–Kier alpha value is -1.88. The quantitative estimate of drug-likeness (QED) is 0.817. The molecule has 1 saturated heterocycles. The van der Waals surface area contributed by atoms with Crippen LogP contribution in [0.1, 0.15) is 37.7 Å². The first-order valence-corrected chi connectivity index (χ1v) is 7.88. The summed E-state index contributed by atoms with van der Waals surface area (Å²) in [5.41, 5.74) is 1.68. The summed E-state index contributed by atoms with van der Waals surface area (Å²) in [5.74, 6) is 0.813. The molecule has 1 heterocycles. The van der Waals surface area contributed by atoms with Gasteiger partial charge in [0.1, 0.15) is 11.5 Å². The largest absolute Gasteiger partial charge is 0.508 e. The lowest BCUT2D eigenvalue weighted by Crippen LogP contribution is -2.29. The highest BCUT2D eigenvalue weighted by atomic mass is 16.3. The Morgan fingerprint density at radius 2 is 2.09 bits per heavy atom. The molecule has 1 unspecified atom stereocenters. The van der Waals surface area contributed by atoms with E-state index in [1.165, 1.54) is 0 Å². The van der Waals surface area contributed by atoms with Gasteiger partial charge in [-0.1, -0.05) is 0 Å². The molecule has 1 aromatic carbocycles. The van der Waals surface area contributed by atoms with Gasteiger partial charge in [-0.3, -0.25) is 14.5 Å². The van der Waals surface area contributed by atoms with Crippen molar-refractivity contribution in [2.75, 3.05) is 25.0 Å². The van der Waals surface area contributed by atoms with Crippen LogP contribution in [0.5, 0.6) is 5.75 Å². The van der Waals surface area contributed by atoms with E-state index in [-0.39, 0.29) is 17.6 Å². The molecule has 0 aromatic heterocycles. The molecule has 0 radical (unpaired) electrons. The lowest BCUT2D eigenvalue weighted by molar-refractivity contribution is -0.120. The zero-order valence-corrected chi connectivity index (χ0v) is 12.8. The third-order valence-corrected chi connectivity index (χ3v) is 4.40. The number of amides is 1. The highest BCUT2D eigenvalue weighted by molar-refractivity contribution is 5.93. The number of carbonyl (C=O) groups is 2. The van der Waals surface area contributed by atoms with E-state index in [0.717, 1.165) is 37.1 Å². The third-order valence-electron chi connectivity index (χ3n) is 4.40. The van der Waals surface area contributed by atoms with E-state index in [9.17, 15) is 14.7 Å². The maximum absolute atomic E-state index is 12.3. The average Bonchev–Trinajstić information content (AvgIpc) is 3.20.